The van der Waals surface area contributed by atoms with Gasteiger partial charge >= 0.3 is 0 Å². The molecule has 0 aliphatic heterocycles. The molecule has 0 radical (unpaired) electrons. The van der Waals surface area contributed by atoms with Crippen LogP contribution in [0.15, 0.2) is 70.8 Å². The molecule has 9 nitrogen and oxygen atoms in total. The fourth-order valence-corrected chi connectivity index (χ4v) is 3.66. The van der Waals surface area contributed by atoms with Crippen LogP contribution < -0.4 is 20.3 Å². The van der Waals surface area contributed by atoms with Gasteiger partial charge in [-0.2, -0.15) is 5.10 Å². The SMILES string of the molecule is COc1ccc(-c2ccc(=O)n(CC(=O)NCCOc3ccc(-c4cccs4)nn3)n2)cc1. The molecule has 0 fully saturated rings. The van der Waals surface area contributed by atoms with Crippen molar-refractivity contribution in [3.63, 3.8) is 0 Å². The molecule has 10 heteroatoms. The highest BCUT2D eigenvalue weighted by atomic mass is 32.1. The Hall–Kier alpha value is -4.05. The van der Waals surface area contributed by atoms with Crippen molar-refractivity contribution in [3.05, 3.63) is 76.4 Å². The van der Waals surface area contributed by atoms with E-state index in [1.165, 1.54) is 6.07 Å². The first-order valence-corrected chi connectivity index (χ1v) is 11.0. The zero-order valence-electron chi connectivity index (χ0n) is 17.8. The minimum atomic E-state index is -0.361. The molecule has 3 aromatic heterocycles. The lowest BCUT2D eigenvalue weighted by atomic mass is 10.1. The van der Waals surface area contributed by atoms with Crippen LogP contribution in [-0.2, 0) is 11.3 Å². The van der Waals surface area contributed by atoms with Gasteiger partial charge in [0.05, 0.1) is 24.2 Å². The summed E-state index contributed by atoms with van der Waals surface area (Å²) >= 11 is 1.58. The molecular formula is C23H21N5O4S. The third kappa shape index (κ3) is 5.80. The van der Waals surface area contributed by atoms with Crippen LogP contribution >= 0.6 is 11.3 Å². The molecule has 33 heavy (non-hydrogen) atoms. The van der Waals surface area contributed by atoms with E-state index in [1.54, 1.807) is 42.7 Å². The number of hydrogen-bond acceptors (Lipinski definition) is 8. The number of ether oxygens (including phenoxy) is 2. The minimum absolute atomic E-state index is 0.196. The van der Waals surface area contributed by atoms with Crippen LogP contribution in [0.3, 0.4) is 0 Å². The summed E-state index contributed by atoms with van der Waals surface area (Å²) < 4.78 is 11.8. The predicted octanol–water partition coefficient (Wildman–Crippen LogP) is 2.63. The number of rotatable bonds is 9. The number of amides is 1. The summed E-state index contributed by atoms with van der Waals surface area (Å²) in [5, 5.41) is 17.2. The van der Waals surface area contributed by atoms with Crippen LogP contribution in [0.2, 0.25) is 0 Å². The molecule has 1 aromatic carbocycles. The number of nitrogens with zero attached hydrogens (tertiary/aromatic N) is 4. The summed E-state index contributed by atoms with van der Waals surface area (Å²) in [5.74, 6) is 0.743. The summed E-state index contributed by atoms with van der Waals surface area (Å²) in [5.41, 5.74) is 1.81. The van der Waals surface area contributed by atoms with E-state index in [2.05, 4.69) is 20.6 Å². The predicted molar refractivity (Wildman–Crippen MR) is 124 cm³/mol. The van der Waals surface area contributed by atoms with Gasteiger partial charge in [0.15, 0.2) is 0 Å². The zero-order chi connectivity index (χ0) is 23.0. The van der Waals surface area contributed by atoms with E-state index >= 15 is 0 Å². The molecule has 168 valence electrons. The van der Waals surface area contributed by atoms with E-state index in [0.29, 0.717) is 11.6 Å². The van der Waals surface area contributed by atoms with Gasteiger partial charge in [0.1, 0.15) is 24.6 Å². The highest BCUT2D eigenvalue weighted by molar-refractivity contribution is 7.13. The molecule has 0 unspecified atom stereocenters. The highest BCUT2D eigenvalue weighted by Crippen LogP contribution is 2.22. The second-order valence-electron chi connectivity index (χ2n) is 6.88. The van der Waals surface area contributed by atoms with Crippen molar-refractivity contribution < 1.29 is 14.3 Å². The first-order valence-electron chi connectivity index (χ1n) is 10.1. The Morgan fingerprint density at radius 2 is 1.85 bits per heavy atom. The number of thiophene rings is 1. The number of carbonyl (C=O) groups excluding carboxylic acids is 1. The molecule has 1 amide bonds. The van der Waals surface area contributed by atoms with Crippen LogP contribution in [0.1, 0.15) is 0 Å². The Labute approximate surface area is 193 Å². The van der Waals surface area contributed by atoms with Gasteiger partial charge < -0.3 is 14.8 Å². The Morgan fingerprint density at radius 1 is 1.03 bits per heavy atom. The second-order valence-corrected chi connectivity index (χ2v) is 7.82. The van der Waals surface area contributed by atoms with Crippen molar-refractivity contribution >= 4 is 17.2 Å². The lowest BCUT2D eigenvalue weighted by Gasteiger charge is -2.09. The summed E-state index contributed by atoms with van der Waals surface area (Å²) in [7, 11) is 1.59. The maximum absolute atomic E-state index is 12.3. The maximum Gasteiger partial charge on any atom is 0.267 e. The monoisotopic (exact) mass is 463 g/mol. The molecule has 0 saturated carbocycles. The average molecular weight is 464 g/mol. The van der Waals surface area contributed by atoms with Gasteiger partial charge in [0, 0.05) is 17.7 Å². The molecule has 4 aromatic rings. The summed E-state index contributed by atoms with van der Waals surface area (Å²) in [6, 6.07) is 17.8. The van der Waals surface area contributed by atoms with Crippen LogP contribution in [0, 0.1) is 0 Å². The fourth-order valence-electron chi connectivity index (χ4n) is 2.97. The highest BCUT2D eigenvalue weighted by Gasteiger charge is 2.09. The quantitative estimate of drug-likeness (QED) is 0.380. The van der Waals surface area contributed by atoms with E-state index in [4.69, 9.17) is 9.47 Å². The van der Waals surface area contributed by atoms with Crippen molar-refractivity contribution in [1.82, 2.24) is 25.3 Å². The normalized spacial score (nSPS) is 10.6. The molecule has 3 heterocycles. The standard InChI is InChI=1S/C23H21N5O4S/c1-31-17-6-4-16(5-7-17)18-9-11-23(30)28(27-18)15-21(29)24-12-13-32-22-10-8-19(25-26-22)20-3-2-14-33-20/h2-11,14H,12-13,15H2,1H3,(H,24,29). The van der Waals surface area contributed by atoms with Gasteiger partial charge in [-0.25, -0.2) is 4.68 Å². The number of carbonyl (C=O) groups is 1. The third-order valence-corrected chi connectivity index (χ3v) is 5.53. The Balaban J connectivity index is 1.27. The first-order chi connectivity index (χ1) is 16.1. The Morgan fingerprint density at radius 3 is 2.55 bits per heavy atom. The summed E-state index contributed by atoms with van der Waals surface area (Å²) in [4.78, 5) is 25.4. The van der Waals surface area contributed by atoms with Crippen molar-refractivity contribution in [3.8, 4) is 33.5 Å². The largest absolute Gasteiger partial charge is 0.497 e. The van der Waals surface area contributed by atoms with Crippen LogP contribution in [-0.4, -0.2) is 46.1 Å². The van der Waals surface area contributed by atoms with Gasteiger partial charge in [-0.05, 0) is 47.8 Å². The molecular weight excluding hydrogens is 442 g/mol. The van der Waals surface area contributed by atoms with Crippen molar-refractivity contribution in [1.29, 1.82) is 0 Å². The van der Waals surface area contributed by atoms with Gasteiger partial charge in [-0.15, -0.1) is 21.5 Å². The number of methoxy groups -OCH3 is 1. The summed E-state index contributed by atoms with van der Waals surface area (Å²) in [6.45, 7) is 0.269. The number of hydrogen-bond donors (Lipinski definition) is 1. The molecule has 0 spiro atoms. The molecule has 4 rings (SSSR count). The zero-order valence-corrected chi connectivity index (χ0v) is 18.6. The summed E-state index contributed by atoms with van der Waals surface area (Å²) in [6.07, 6.45) is 0. The third-order valence-electron chi connectivity index (χ3n) is 4.63. The number of benzene rings is 1. The Kier molecular flexibility index (Phi) is 7.06. The second kappa shape index (κ2) is 10.5. The number of nitrogens with one attached hydrogen (secondary N) is 1. The van der Waals surface area contributed by atoms with Gasteiger partial charge in [-0.1, -0.05) is 6.07 Å². The molecule has 0 atom stereocenters. The van der Waals surface area contributed by atoms with E-state index in [0.717, 1.165) is 26.6 Å². The molecule has 0 aliphatic rings. The molecule has 0 saturated heterocycles. The average Bonchev–Trinajstić information content (AvgIpc) is 3.39. The van der Waals surface area contributed by atoms with Gasteiger partial charge in [0.2, 0.25) is 11.8 Å². The maximum atomic E-state index is 12.3. The number of aromatic nitrogens is 4. The van der Waals surface area contributed by atoms with E-state index in [9.17, 15) is 9.59 Å². The Bertz CT molecular complexity index is 1260. The van der Waals surface area contributed by atoms with E-state index < -0.39 is 0 Å². The van der Waals surface area contributed by atoms with Gasteiger partial charge in [-0.3, -0.25) is 9.59 Å². The van der Waals surface area contributed by atoms with E-state index in [1.807, 2.05) is 35.7 Å². The van der Waals surface area contributed by atoms with E-state index in [-0.39, 0.29) is 31.2 Å². The van der Waals surface area contributed by atoms with Crippen LogP contribution in [0.5, 0.6) is 11.6 Å². The van der Waals surface area contributed by atoms with Gasteiger partial charge in [0.25, 0.3) is 5.56 Å². The topological polar surface area (TPSA) is 108 Å². The first kappa shape index (κ1) is 22.2. The molecule has 1 N–H and O–H groups in total. The van der Waals surface area contributed by atoms with Crippen molar-refractivity contribution in [2.24, 2.45) is 0 Å². The lowest BCUT2D eigenvalue weighted by molar-refractivity contribution is -0.122. The molecule has 0 aliphatic carbocycles. The van der Waals surface area contributed by atoms with Crippen molar-refractivity contribution in [2.45, 2.75) is 6.54 Å². The van der Waals surface area contributed by atoms with Crippen LogP contribution in [0.4, 0.5) is 0 Å². The smallest absolute Gasteiger partial charge is 0.267 e. The van der Waals surface area contributed by atoms with Crippen LogP contribution in [0.25, 0.3) is 21.8 Å². The fraction of sp³-hybridized carbons (Fsp3) is 0.174. The molecule has 0 bridgehead atoms. The lowest BCUT2D eigenvalue weighted by Crippen LogP contribution is -2.35. The van der Waals surface area contributed by atoms with Crippen molar-refractivity contribution in [2.75, 3.05) is 20.3 Å². The minimum Gasteiger partial charge on any atom is -0.497 e.